The maximum atomic E-state index is 12.2. The molecular weight excluding hydrogens is 268 g/mol. The van der Waals surface area contributed by atoms with Gasteiger partial charge in [0.2, 0.25) is 5.91 Å². The van der Waals surface area contributed by atoms with E-state index in [-0.39, 0.29) is 24.4 Å². The standard InChI is InChI=1S/C15H18N4O2/c1-10-3-2-8-19(10)13(20)9-18-15(21)12-5-7-17-14-11(12)4-6-16-14/h4-7,10H,2-3,8-9H2,1H3,(H,16,17)(H,18,21). The first kappa shape index (κ1) is 13.6. The summed E-state index contributed by atoms with van der Waals surface area (Å²) >= 11 is 0. The maximum Gasteiger partial charge on any atom is 0.252 e. The van der Waals surface area contributed by atoms with Crippen molar-refractivity contribution in [1.29, 1.82) is 0 Å². The van der Waals surface area contributed by atoms with Gasteiger partial charge in [-0.25, -0.2) is 4.98 Å². The van der Waals surface area contributed by atoms with Crippen LogP contribution >= 0.6 is 0 Å². The summed E-state index contributed by atoms with van der Waals surface area (Å²) in [4.78, 5) is 33.3. The topological polar surface area (TPSA) is 78.1 Å². The number of nitrogens with one attached hydrogen (secondary N) is 2. The number of aromatic nitrogens is 2. The van der Waals surface area contributed by atoms with Crippen LogP contribution < -0.4 is 5.32 Å². The van der Waals surface area contributed by atoms with Gasteiger partial charge in [-0.3, -0.25) is 9.59 Å². The summed E-state index contributed by atoms with van der Waals surface area (Å²) in [6.07, 6.45) is 5.40. The number of amides is 2. The van der Waals surface area contributed by atoms with Crippen LogP contribution in [0.5, 0.6) is 0 Å². The molecular formula is C15H18N4O2. The molecule has 2 amide bonds. The number of hydrogen-bond donors (Lipinski definition) is 2. The van der Waals surface area contributed by atoms with Crippen LogP contribution in [0.25, 0.3) is 11.0 Å². The second-order valence-corrected chi connectivity index (χ2v) is 5.36. The highest BCUT2D eigenvalue weighted by molar-refractivity contribution is 6.06. The Labute approximate surface area is 122 Å². The van der Waals surface area contributed by atoms with E-state index in [0.29, 0.717) is 11.2 Å². The van der Waals surface area contributed by atoms with Gasteiger partial charge in [-0.1, -0.05) is 0 Å². The number of fused-ring (bicyclic) bond motifs is 1. The molecule has 2 N–H and O–H groups in total. The molecule has 2 aromatic rings. The van der Waals surface area contributed by atoms with Gasteiger partial charge in [0.15, 0.2) is 0 Å². The molecule has 0 saturated carbocycles. The molecule has 1 aliphatic rings. The minimum absolute atomic E-state index is 0.0206. The molecule has 0 aromatic carbocycles. The zero-order valence-corrected chi connectivity index (χ0v) is 11.9. The molecule has 0 spiro atoms. The molecule has 6 heteroatoms. The molecule has 6 nitrogen and oxygen atoms in total. The Kier molecular flexibility index (Phi) is 3.60. The van der Waals surface area contributed by atoms with Crippen molar-refractivity contribution < 1.29 is 9.59 Å². The molecule has 3 rings (SSSR count). The molecule has 0 bridgehead atoms. The predicted octanol–water partition coefficient (Wildman–Crippen LogP) is 1.30. The molecule has 1 atom stereocenters. The second-order valence-electron chi connectivity index (χ2n) is 5.36. The third kappa shape index (κ3) is 2.61. The van der Waals surface area contributed by atoms with Crippen LogP contribution in [0.15, 0.2) is 24.5 Å². The lowest BCUT2D eigenvalue weighted by atomic mass is 10.2. The molecule has 21 heavy (non-hydrogen) atoms. The number of hydrogen-bond acceptors (Lipinski definition) is 3. The molecule has 2 aromatic heterocycles. The Morgan fingerprint density at radius 2 is 2.33 bits per heavy atom. The minimum Gasteiger partial charge on any atom is -0.346 e. The minimum atomic E-state index is -0.248. The number of H-pyrrole nitrogens is 1. The Morgan fingerprint density at radius 1 is 1.48 bits per heavy atom. The Bertz CT molecular complexity index is 679. The van der Waals surface area contributed by atoms with Crippen LogP contribution in [-0.4, -0.2) is 45.8 Å². The van der Waals surface area contributed by atoms with Crippen molar-refractivity contribution in [1.82, 2.24) is 20.2 Å². The van der Waals surface area contributed by atoms with Gasteiger partial charge in [-0.15, -0.1) is 0 Å². The normalized spacial score (nSPS) is 18.1. The number of carbonyl (C=O) groups excluding carboxylic acids is 2. The highest BCUT2D eigenvalue weighted by Crippen LogP contribution is 2.17. The fraction of sp³-hybridized carbons (Fsp3) is 0.400. The fourth-order valence-corrected chi connectivity index (χ4v) is 2.82. The zero-order chi connectivity index (χ0) is 14.8. The fourth-order valence-electron chi connectivity index (χ4n) is 2.82. The third-order valence-electron chi connectivity index (χ3n) is 3.98. The Balaban J connectivity index is 1.67. The van der Waals surface area contributed by atoms with E-state index in [2.05, 4.69) is 15.3 Å². The smallest absolute Gasteiger partial charge is 0.252 e. The maximum absolute atomic E-state index is 12.2. The lowest BCUT2D eigenvalue weighted by molar-refractivity contribution is -0.130. The van der Waals surface area contributed by atoms with Gasteiger partial charge in [0.05, 0.1) is 12.1 Å². The van der Waals surface area contributed by atoms with Gasteiger partial charge in [-0.2, -0.15) is 0 Å². The molecule has 0 radical (unpaired) electrons. The summed E-state index contributed by atoms with van der Waals surface area (Å²) in [6, 6.07) is 3.74. The van der Waals surface area contributed by atoms with Crippen molar-refractivity contribution >= 4 is 22.8 Å². The molecule has 0 aliphatic carbocycles. The van der Waals surface area contributed by atoms with Crippen molar-refractivity contribution in [3.05, 3.63) is 30.1 Å². The average Bonchev–Trinajstić information content (AvgIpc) is 3.12. The number of nitrogens with zero attached hydrogens (tertiary/aromatic N) is 2. The quantitative estimate of drug-likeness (QED) is 0.893. The highest BCUT2D eigenvalue weighted by atomic mass is 16.2. The number of carbonyl (C=O) groups is 2. The van der Waals surface area contributed by atoms with E-state index in [1.165, 1.54) is 0 Å². The van der Waals surface area contributed by atoms with Gasteiger partial charge in [0.1, 0.15) is 5.65 Å². The summed E-state index contributed by atoms with van der Waals surface area (Å²) in [5.41, 5.74) is 1.20. The number of rotatable bonds is 3. The van der Waals surface area contributed by atoms with Crippen LogP contribution in [0.1, 0.15) is 30.1 Å². The summed E-state index contributed by atoms with van der Waals surface area (Å²) in [5.74, 6) is -0.269. The highest BCUT2D eigenvalue weighted by Gasteiger charge is 2.25. The molecule has 3 heterocycles. The summed E-state index contributed by atoms with van der Waals surface area (Å²) < 4.78 is 0. The van der Waals surface area contributed by atoms with Gasteiger partial charge in [0, 0.05) is 30.4 Å². The van der Waals surface area contributed by atoms with Gasteiger partial charge in [0.25, 0.3) is 5.91 Å². The van der Waals surface area contributed by atoms with E-state index < -0.39 is 0 Å². The average molecular weight is 286 g/mol. The van der Waals surface area contributed by atoms with Gasteiger partial charge in [-0.05, 0) is 31.9 Å². The predicted molar refractivity (Wildman–Crippen MR) is 78.8 cm³/mol. The Hall–Kier alpha value is -2.37. The van der Waals surface area contributed by atoms with Crippen molar-refractivity contribution in [2.75, 3.05) is 13.1 Å². The van der Waals surface area contributed by atoms with Crippen molar-refractivity contribution in [2.45, 2.75) is 25.8 Å². The van der Waals surface area contributed by atoms with Crippen LogP contribution in [0, 0.1) is 0 Å². The van der Waals surface area contributed by atoms with E-state index >= 15 is 0 Å². The first-order valence-electron chi connectivity index (χ1n) is 7.16. The number of likely N-dealkylation sites (tertiary alicyclic amines) is 1. The number of aromatic amines is 1. The van der Waals surface area contributed by atoms with Gasteiger partial charge < -0.3 is 15.2 Å². The van der Waals surface area contributed by atoms with Crippen LogP contribution in [0.4, 0.5) is 0 Å². The molecule has 1 fully saturated rings. The van der Waals surface area contributed by atoms with Crippen molar-refractivity contribution in [3.8, 4) is 0 Å². The molecule has 1 saturated heterocycles. The van der Waals surface area contributed by atoms with E-state index in [0.717, 1.165) is 24.8 Å². The SMILES string of the molecule is CC1CCCN1C(=O)CNC(=O)c1ccnc2[nH]ccc12. The first-order valence-corrected chi connectivity index (χ1v) is 7.16. The summed E-state index contributed by atoms with van der Waals surface area (Å²) in [5, 5.41) is 3.47. The van der Waals surface area contributed by atoms with Crippen LogP contribution in [0.2, 0.25) is 0 Å². The lowest BCUT2D eigenvalue weighted by Crippen LogP contribution is -2.41. The summed E-state index contributed by atoms with van der Waals surface area (Å²) in [7, 11) is 0. The zero-order valence-electron chi connectivity index (χ0n) is 11.9. The monoisotopic (exact) mass is 286 g/mol. The molecule has 110 valence electrons. The van der Waals surface area contributed by atoms with E-state index in [4.69, 9.17) is 0 Å². The molecule has 1 unspecified atom stereocenters. The van der Waals surface area contributed by atoms with E-state index in [1.807, 2.05) is 17.9 Å². The van der Waals surface area contributed by atoms with Crippen LogP contribution in [0.3, 0.4) is 0 Å². The lowest BCUT2D eigenvalue weighted by Gasteiger charge is -2.21. The third-order valence-corrected chi connectivity index (χ3v) is 3.98. The Morgan fingerprint density at radius 3 is 3.10 bits per heavy atom. The second kappa shape index (κ2) is 5.55. The summed E-state index contributed by atoms with van der Waals surface area (Å²) in [6.45, 7) is 2.86. The number of pyridine rings is 1. The van der Waals surface area contributed by atoms with E-state index in [9.17, 15) is 9.59 Å². The van der Waals surface area contributed by atoms with Gasteiger partial charge >= 0.3 is 0 Å². The first-order chi connectivity index (χ1) is 10.2. The van der Waals surface area contributed by atoms with Crippen molar-refractivity contribution in [2.24, 2.45) is 0 Å². The van der Waals surface area contributed by atoms with Crippen LogP contribution in [-0.2, 0) is 4.79 Å². The van der Waals surface area contributed by atoms with Crippen molar-refractivity contribution in [3.63, 3.8) is 0 Å². The molecule has 1 aliphatic heterocycles. The largest absolute Gasteiger partial charge is 0.346 e. The van der Waals surface area contributed by atoms with E-state index in [1.54, 1.807) is 18.5 Å².